The van der Waals surface area contributed by atoms with Crippen LogP contribution in [0.3, 0.4) is 0 Å². The van der Waals surface area contributed by atoms with Gasteiger partial charge in [-0.25, -0.2) is 4.98 Å². The number of aliphatic imine (C=N–C) groups is 1. The summed E-state index contributed by atoms with van der Waals surface area (Å²) >= 11 is 0. The molecule has 3 aromatic rings. The van der Waals surface area contributed by atoms with Crippen LogP contribution in [0.2, 0.25) is 0 Å². The first-order chi connectivity index (χ1) is 16.9. The van der Waals surface area contributed by atoms with E-state index in [1.54, 1.807) is 18.3 Å². The van der Waals surface area contributed by atoms with E-state index >= 15 is 0 Å². The molecule has 1 N–H and O–H groups in total. The second-order valence-electron chi connectivity index (χ2n) is 7.82. The number of oxazole rings is 1. The van der Waals surface area contributed by atoms with Crippen molar-refractivity contribution in [3.8, 4) is 17.1 Å². The van der Waals surface area contributed by atoms with Gasteiger partial charge in [-0.15, -0.1) is 0 Å². The van der Waals surface area contributed by atoms with E-state index in [-0.39, 0.29) is 10.6 Å². The van der Waals surface area contributed by atoms with Crippen molar-refractivity contribution >= 4 is 32.2 Å². The van der Waals surface area contributed by atoms with Gasteiger partial charge >= 0.3 is 0 Å². The topological polar surface area (TPSA) is 102 Å². The molecule has 1 aliphatic rings. The van der Waals surface area contributed by atoms with Gasteiger partial charge in [-0.1, -0.05) is 61.6 Å². The molecule has 4 rings (SSSR count). The van der Waals surface area contributed by atoms with Crippen molar-refractivity contribution in [2.24, 2.45) is 4.99 Å². The van der Waals surface area contributed by atoms with Crippen LogP contribution in [0.15, 0.2) is 92.9 Å². The van der Waals surface area contributed by atoms with E-state index in [4.69, 9.17) is 9.15 Å². The Kier molecular flexibility index (Phi) is 7.14. The maximum Gasteiger partial charge on any atom is 0.298 e. The first-order valence-electron chi connectivity index (χ1n) is 11.2. The number of allylic oxidation sites excluding steroid dienone is 8. The van der Waals surface area contributed by atoms with Crippen LogP contribution in [0.25, 0.3) is 27.7 Å². The molecular weight excluding hydrogens is 464 g/mol. The number of benzene rings is 2. The van der Waals surface area contributed by atoms with E-state index in [0.717, 1.165) is 23.3 Å². The number of methoxy groups -OCH3 is 1. The van der Waals surface area contributed by atoms with Crippen LogP contribution in [0, 0.1) is 0 Å². The predicted octanol–water partition coefficient (Wildman–Crippen LogP) is 6.06. The van der Waals surface area contributed by atoms with Crippen LogP contribution < -0.4 is 4.74 Å². The Hall–Kier alpha value is -3.75. The summed E-state index contributed by atoms with van der Waals surface area (Å²) < 4.78 is 45.7. The molecule has 1 aliphatic carbocycles. The Morgan fingerprint density at radius 2 is 1.94 bits per heavy atom. The highest BCUT2D eigenvalue weighted by molar-refractivity contribution is 7.86. The van der Waals surface area contributed by atoms with Crippen LogP contribution >= 0.6 is 0 Å². The van der Waals surface area contributed by atoms with Gasteiger partial charge in [0.2, 0.25) is 5.89 Å². The number of ether oxygens (including phenoxy) is 1. The Labute approximate surface area is 204 Å². The van der Waals surface area contributed by atoms with Gasteiger partial charge in [0.1, 0.15) is 10.6 Å². The third-order valence-corrected chi connectivity index (χ3v) is 6.34. The van der Waals surface area contributed by atoms with E-state index < -0.39 is 10.1 Å². The standard InChI is InChI=1S/C27H26N2O5S/c1-4-10-21(19-12-8-9-14-23(19)28-15-5-2)27-29-17-24(34-27)22-16-25(35(30,31)32)26(33-3)20-13-7-6-11-18(20)22/h4,6-14,16-17H,5,15H2,1-3H3,(H,30,31,32)/b10-4-,21-19+,28-23?. The molecule has 35 heavy (non-hydrogen) atoms. The average molecular weight is 491 g/mol. The maximum atomic E-state index is 12.2. The number of hydrogen-bond acceptors (Lipinski definition) is 6. The summed E-state index contributed by atoms with van der Waals surface area (Å²) in [6, 6.07) is 8.51. The zero-order chi connectivity index (χ0) is 25.0. The molecule has 0 spiro atoms. The highest BCUT2D eigenvalue weighted by atomic mass is 32.2. The van der Waals surface area contributed by atoms with Crippen LogP contribution in [0.4, 0.5) is 0 Å². The Bertz CT molecular complexity index is 1520. The van der Waals surface area contributed by atoms with Gasteiger partial charge in [-0.05, 0) is 30.9 Å². The predicted molar refractivity (Wildman–Crippen MR) is 138 cm³/mol. The van der Waals surface area contributed by atoms with Crippen molar-refractivity contribution in [1.29, 1.82) is 0 Å². The van der Waals surface area contributed by atoms with Crippen LogP contribution in [0.5, 0.6) is 5.75 Å². The van der Waals surface area contributed by atoms with Crippen LogP contribution in [-0.4, -0.2) is 37.3 Å². The van der Waals surface area contributed by atoms with Gasteiger partial charge in [0.05, 0.1) is 19.0 Å². The minimum Gasteiger partial charge on any atom is -0.495 e. The van der Waals surface area contributed by atoms with E-state index in [1.807, 2.05) is 55.5 Å². The van der Waals surface area contributed by atoms with Gasteiger partial charge in [0.25, 0.3) is 10.1 Å². The number of rotatable bonds is 7. The molecule has 0 aliphatic heterocycles. The molecular formula is C27H26N2O5S. The fourth-order valence-electron chi connectivity index (χ4n) is 3.97. The fraction of sp³-hybridized carbons (Fsp3) is 0.185. The molecule has 0 unspecified atom stereocenters. The summed E-state index contributed by atoms with van der Waals surface area (Å²) in [5.41, 5.74) is 2.94. The molecule has 0 saturated carbocycles. The molecule has 0 amide bonds. The third kappa shape index (κ3) is 4.89. The summed E-state index contributed by atoms with van der Waals surface area (Å²) in [5.74, 6) is 0.790. The Morgan fingerprint density at radius 3 is 2.63 bits per heavy atom. The Balaban J connectivity index is 1.93. The minimum absolute atomic E-state index is 0.0687. The lowest BCUT2D eigenvalue weighted by Gasteiger charge is -2.13. The van der Waals surface area contributed by atoms with Crippen molar-refractivity contribution in [2.45, 2.75) is 25.2 Å². The molecule has 0 radical (unpaired) electrons. The van der Waals surface area contributed by atoms with Gasteiger partial charge in [-0.2, -0.15) is 8.42 Å². The van der Waals surface area contributed by atoms with Crippen LogP contribution in [0.1, 0.15) is 26.2 Å². The molecule has 1 aromatic heterocycles. The van der Waals surface area contributed by atoms with Gasteiger partial charge < -0.3 is 9.15 Å². The quantitative estimate of drug-likeness (QED) is 0.404. The maximum absolute atomic E-state index is 12.2. The molecule has 180 valence electrons. The van der Waals surface area contributed by atoms with Crippen LogP contribution in [-0.2, 0) is 10.1 Å². The van der Waals surface area contributed by atoms with E-state index in [0.29, 0.717) is 34.5 Å². The van der Waals surface area contributed by atoms with E-state index in [2.05, 4.69) is 16.9 Å². The van der Waals surface area contributed by atoms with Crippen molar-refractivity contribution in [1.82, 2.24) is 4.98 Å². The second kappa shape index (κ2) is 10.2. The SMILES string of the molecule is C/C=C\C(=C1\C=CC=CC1=NCCC)c1ncc(-c2cc(S(=O)(=O)O)c(OC)c3ccccc23)o1. The van der Waals surface area contributed by atoms with Crippen molar-refractivity contribution in [3.63, 3.8) is 0 Å². The molecule has 8 heteroatoms. The largest absolute Gasteiger partial charge is 0.495 e. The minimum atomic E-state index is -4.56. The zero-order valence-corrected chi connectivity index (χ0v) is 20.5. The molecule has 7 nitrogen and oxygen atoms in total. The number of aromatic nitrogens is 1. The lowest BCUT2D eigenvalue weighted by Crippen LogP contribution is -2.04. The Morgan fingerprint density at radius 1 is 1.20 bits per heavy atom. The van der Waals surface area contributed by atoms with Gasteiger partial charge in [-0.3, -0.25) is 9.55 Å². The molecule has 0 atom stereocenters. The molecule has 0 saturated heterocycles. The van der Waals surface area contributed by atoms with Crippen molar-refractivity contribution in [3.05, 3.63) is 84.4 Å². The molecule has 0 fully saturated rings. The normalized spacial score (nSPS) is 16.5. The summed E-state index contributed by atoms with van der Waals surface area (Å²) in [5, 5.41) is 1.23. The molecule has 2 aromatic carbocycles. The number of fused-ring (bicyclic) bond motifs is 1. The summed E-state index contributed by atoms with van der Waals surface area (Å²) in [4.78, 5) is 8.86. The fourth-order valence-corrected chi connectivity index (χ4v) is 4.66. The van der Waals surface area contributed by atoms with E-state index in [1.165, 1.54) is 13.2 Å². The highest BCUT2D eigenvalue weighted by Crippen LogP contribution is 2.40. The zero-order valence-electron chi connectivity index (χ0n) is 19.7. The molecule has 0 bridgehead atoms. The van der Waals surface area contributed by atoms with Gasteiger partial charge in [0, 0.05) is 28.6 Å². The third-order valence-electron chi connectivity index (χ3n) is 5.48. The lowest BCUT2D eigenvalue weighted by molar-refractivity contribution is 0.402. The van der Waals surface area contributed by atoms with Crippen molar-refractivity contribution < 1.29 is 22.1 Å². The lowest BCUT2D eigenvalue weighted by atomic mass is 9.98. The summed E-state index contributed by atoms with van der Waals surface area (Å²) in [7, 11) is -3.20. The summed E-state index contributed by atoms with van der Waals surface area (Å²) in [6.45, 7) is 4.68. The highest BCUT2D eigenvalue weighted by Gasteiger charge is 2.24. The molecule has 1 heterocycles. The van der Waals surface area contributed by atoms with E-state index in [9.17, 15) is 13.0 Å². The summed E-state index contributed by atoms with van der Waals surface area (Å²) in [6.07, 6.45) is 14.1. The monoisotopic (exact) mass is 490 g/mol. The van der Waals surface area contributed by atoms with Crippen molar-refractivity contribution in [2.75, 3.05) is 13.7 Å². The first-order valence-corrected chi connectivity index (χ1v) is 12.6. The van der Waals surface area contributed by atoms with Gasteiger partial charge in [0.15, 0.2) is 5.76 Å². The number of nitrogens with zero attached hydrogens (tertiary/aromatic N) is 2. The smallest absolute Gasteiger partial charge is 0.298 e. The average Bonchev–Trinajstić information content (AvgIpc) is 3.34. The second-order valence-corrected chi connectivity index (χ2v) is 9.21. The number of hydrogen-bond donors (Lipinski definition) is 1. The first kappa shape index (κ1) is 24.4.